The number of ketones is 1. The first-order chi connectivity index (χ1) is 15.9. The first-order valence-electron chi connectivity index (χ1n) is 9.77. The number of hydrogen-bond acceptors (Lipinski definition) is 5. The Balaban J connectivity index is 1.94. The van der Waals surface area contributed by atoms with Crippen molar-refractivity contribution in [2.24, 2.45) is 0 Å². The molecule has 1 N–H and O–H groups in total. The molecule has 1 aliphatic heterocycles. The number of ether oxygens (including phenoxy) is 1. The van der Waals surface area contributed by atoms with E-state index in [0.717, 1.165) is 0 Å². The summed E-state index contributed by atoms with van der Waals surface area (Å²) >= 11 is 12.5. The molecule has 0 radical (unpaired) electrons. The number of carbonyl (C=O) groups is 2. The fourth-order valence-electron chi connectivity index (χ4n) is 3.79. The molecular formula is C25H16Cl2N2O4. The molecule has 0 saturated carbocycles. The summed E-state index contributed by atoms with van der Waals surface area (Å²) in [5.74, 6) is -1.84. The number of rotatable bonds is 4. The van der Waals surface area contributed by atoms with E-state index in [2.05, 4.69) is 0 Å². The van der Waals surface area contributed by atoms with Crippen LogP contribution >= 0.6 is 23.2 Å². The van der Waals surface area contributed by atoms with E-state index in [9.17, 15) is 14.7 Å². The lowest BCUT2D eigenvalue weighted by Gasteiger charge is -2.25. The number of aliphatic hydroxyl groups excluding tert-OH is 1. The van der Waals surface area contributed by atoms with Gasteiger partial charge in [0.2, 0.25) is 0 Å². The molecule has 3 aromatic rings. The zero-order valence-electron chi connectivity index (χ0n) is 17.3. The highest BCUT2D eigenvalue weighted by Crippen LogP contribution is 2.43. The molecule has 1 aliphatic rings. The maximum Gasteiger partial charge on any atom is 0.300 e. The summed E-state index contributed by atoms with van der Waals surface area (Å²) in [4.78, 5) is 27.6. The molecule has 1 saturated heterocycles. The summed E-state index contributed by atoms with van der Waals surface area (Å²) in [6.07, 6.45) is 0. The monoisotopic (exact) mass is 478 g/mol. The maximum atomic E-state index is 13.2. The first kappa shape index (κ1) is 22.4. The van der Waals surface area contributed by atoms with Crippen molar-refractivity contribution in [3.8, 4) is 11.8 Å². The van der Waals surface area contributed by atoms with E-state index >= 15 is 0 Å². The van der Waals surface area contributed by atoms with Crippen LogP contribution in [-0.4, -0.2) is 23.9 Å². The Morgan fingerprint density at radius 1 is 1.03 bits per heavy atom. The second kappa shape index (κ2) is 8.99. The number of nitriles is 1. The Morgan fingerprint density at radius 2 is 1.64 bits per heavy atom. The van der Waals surface area contributed by atoms with Crippen molar-refractivity contribution in [3.05, 3.63) is 99.0 Å². The average molecular weight is 479 g/mol. The molecule has 164 valence electrons. The summed E-state index contributed by atoms with van der Waals surface area (Å²) in [5, 5.41) is 20.5. The maximum absolute atomic E-state index is 13.2. The molecule has 1 fully saturated rings. The summed E-state index contributed by atoms with van der Waals surface area (Å²) in [6, 6.07) is 19.1. The van der Waals surface area contributed by atoms with Crippen LogP contribution in [0.15, 0.2) is 72.3 Å². The number of nitrogens with zero attached hydrogens (tertiary/aromatic N) is 2. The minimum absolute atomic E-state index is 0.104. The van der Waals surface area contributed by atoms with Crippen LogP contribution in [0.2, 0.25) is 10.0 Å². The largest absolute Gasteiger partial charge is 0.507 e. The van der Waals surface area contributed by atoms with E-state index in [1.54, 1.807) is 54.6 Å². The second-order valence-electron chi connectivity index (χ2n) is 7.21. The Morgan fingerprint density at radius 3 is 2.18 bits per heavy atom. The smallest absolute Gasteiger partial charge is 0.300 e. The number of Topliss-reactive ketones (excluding diaryl/α,β-unsaturated/α-hetero) is 1. The van der Waals surface area contributed by atoms with E-state index in [1.807, 2.05) is 6.07 Å². The Labute approximate surface area is 199 Å². The van der Waals surface area contributed by atoms with Crippen LogP contribution < -0.4 is 9.64 Å². The molecule has 1 amide bonds. The normalized spacial score (nSPS) is 17.2. The summed E-state index contributed by atoms with van der Waals surface area (Å²) in [6.45, 7) is 0. The Hall–Kier alpha value is -3.79. The third-order valence-corrected chi connectivity index (χ3v) is 5.87. The van der Waals surface area contributed by atoms with E-state index in [4.69, 9.17) is 33.2 Å². The number of amides is 1. The number of carbonyl (C=O) groups excluding carboxylic acids is 2. The Kier molecular flexibility index (Phi) is 6.10. The van der Waals surface area contributed by atoms with Crippen molar-refractivity contribution in [1.82, 2.24) is 0 Å². The van der Waals surface area contributed by atoms with Crippen molar-refractivity contribution in [1.29, 1.82) is 5.26 Å². The van der Waals surface area contributed by atoms with Crippen LogP contribution in [0.5, 0.6) is 5.75 Å². The highest BCUT2D eigenvalue weighted by molar-refractivity contribution is 6.51. The fourth-order valence-corrected chi connectivity index (χ4v) is 4.43. The minimum atomic E-state index is -0.904. The van der Waals surface area contributed by atoms with Gasteiger partial charge in [0.25, 0.3) is 11.7 Å². The van der Waals surface area contributed by atoms with Crippen molar-refractivity contribution < 1.29 is 19.4 Å². The third-order valence-electron chi connectivity index (χ3n) is 5.31. The zero-order chi connectivity index (χ0) is 23.7. The first-order valence-corrected chi connectivity index (χ1v) is 10.5. The summed E-state index contributed by atoms with van der Waals surface area (Å²) in [7, 11) is 1.41. The zero-order valence-corrected chi connectivity index (χ0v) is 18.8. The molecule has 0 aliphatic carbocycles. The quantitative estimate of drug-likeness (QED) is 0.303. The van der Waals surface area contributed by atoms with Gasteiger partial charge in [-0.05, 0) is 42.0 Å². The molecule has 1 unspecified atom stereocenters. The van der Waals surface area contributed by atoms with Crippen molar-refractivity contribution in [2.45, 2.75) is 6.04 Å². The topological polar surface area (TPSA) is 90.6 Å². The average Bonchev–Trinajstić information content (AvgIpc) is 3.09. The van der Waals surface area contributed by atoms with Gasteiger partial charge in [0.15, 0.2) is 5.75 Å². The van der Waals surface area contributed by atoms with E-state index in [1.165, 1.54) is 24.1 Å². The SMILES string of the molecule is COc1c(Cl)cc(/C(O)=C2\C(=O)C(=O)N(c3ccc(C#N)cc3)C2c2ccccc2)cc1Cl. The van der Waals surface area contributed by atoms with Crippen molar-refractivity contribution in [3.63, 3.8) is 0 Å². The predicted octanol–water partition coefficient (Wildman–Crippen LogP) is 5.50. The lowest BCUT2D eigenvalue weighted by atomic mass is 9.95. The van der Waals surface area contributed by atoms with Gasteiger partial charge in [-0.3, -0.25) is 14.5 Å². The van der Waals surface area contributed by atoms with Crippen LogP contribution in [-0.2, 0) is 9.59 Å². The van der Waals surface area contributed by atoms with Gasteiger partial charge in [0, 0.05) is 11.3 Å². The van der Waals surface area contributed by atoms with Gasteiger partial charge in [0.1, 0.15) is 5.76 Å². The van der Waals surface area contributed by atoms with E-state index < -0.39 is 23.5 Å². The third kappa shape index (κ3) is 3.93. The van der Waals surface area contributed by atoms with Crippen molar-refractivity contribution >= 4 is 46.3 Å². The molecular weight excluding hydrogens is 463 g/mol. The predicted molar refractivity (Wildman–Crippen MR) is 125 cm³/mol. The summed E-state index contributed by atoms with van der Waals surface area (Å²) < 4.78 is 5.14. The van der Waals surface area contributed by atoms with E-state index in [-0.39, 0.29) is 26.9 Å². The standard InChI is InChI=1S/C25H16Cl2N2O4/c1-33-24-18(26)11-16(12-19(24)27)22(30)20-21(15-5-3-2-4-6-15)29(25(32)23(20)31)17-9-7-14(13-28)8-10-17/h2-12,21,30H,1H3/b22-20+. The fraction of sp³-hybridized carbons (Fsp3) is 0.0800. The summed E-state index contributed by atoms with van der Waals surface area (Å²) in [5.41, 5.74) is 1.51. The number of halogens is 2. The molecule has 33 heavy (non-hydrogen) atoms. The molecule has 4 rings (SSSR count). The van der Waals surface area contributed by atoms with Gasteiger partial charge in [-0.25, -0.2) is 0 Å². The van der Waals surface area contributed by atoms with Crippen molar-refractivity contribution in [2.75, 3.05) is 12.0 Å². The van der Waals surface area contributed by atoms with Crippen LogP contribution in [0.1, 0.15) is 22.7 Å². The number of aliphatic hydroxyl groups is 1. The number of hydrogen-bond donors (Lipinski definition) is 1. The van der Waals surface area contributed by atoms with Gasteiger partial charge in [-0.15, -0.1) is 0 Å². The number of anilines is 1. The minimum Gasteiger partial charge on any atom is -0.507 e. The molecule has 0 bridgehead atoms. The van der Waals surface area contributed by atoms with Gasteiger partial charge >= 0.3 is 0 Å². The van der Waals surface area contributed by atoms with Crippen LogP contribution in [0.4, 0.5) is 5.69 Å². The molecule has 3 aromatic carbocycles. The second-order valence-corrected chi connectivity index (χ2v) is 8.03. The molecule has 1 atom stereocenters. The lowest BCUT2D eigenvalue weighted by molar-refractivity contribution is -0.132. The number of benzene rings is 3. The van der Waals surface area contributed by atoms with E-state index in [0.29, 0.717) is 16.8 Å². The van der Waals surface area contributed by atoms with Gasteiger partial charge < -0.3 is 9.84 Å². The molecule has 6 nitrogen and oxygen atoms in total. The van der Waals surface area contributed by atoms with Crippen LogP contribution in [0, 0.1) is 11.3 Å². The lowest BCUT2D eigenvalue weighted by Crippen LogP contribution is -2.29. The molecule has 8 heteroatoms. The Bertz CT molecular complexity index is 1310. The van der Waals surface area contributed by atoms with Gasteiger partial charge in [-0.2, -0.15) is 5.26 Å². The highest BCUT2D eigenvalue weighted by atomic mass is 35.5. The van der Waals surface area contributed by atoms with Gasteiger partial charge in [0.05, 0.1) is 40.4 Å². The van der Waals surface area contributed by atoms with Crippen LogP contribution in [0.25, 0.3) is 5.76 Å². The van der Waals surface area contributed by atoms with Crippen LogP contribution in [0.3, 0.4) is 0 Å². The van der Waals surface area contributed by atoms with Gasteiger partial charge in [-0.1, -0.05) is 53.5 Å². The number of methoxy groups -OCH3 is 1. The molecule has 0 aromatic heterocycles. The highest BCUT2D eigenvalue weighted by Gasteiger charge is 2.47. The molecule has 0 spiro atoms. The molecule has 1 heterocycles.